The summed E-state index contributed by atoms with van der Waals surface area (Å²) in [6.45, 7) is 4.93. The van der Waals surface area contributed by atoms with Gasteiger partial charge in [0.25, 0.3) is 5.91 Å². The first-order chi connectivity index (χ1) is 14.5. The zero-order valence-corrected chi connectivity index (χ0v) is 17.5. The molecule has 2 aromatic rings. The summed E-state index contributed by atoms with van der Waals surface area (Å²) in [4.78, 5) is 27.5. The van der Waals surface area contributed by atoms with Crippen LogP contribution in [0.25, 0.3) is 0 Å². The summed E-state index contributed by atoms with van der Waals surface area (Å²) in [6, 6.07) is 14.9. The summed E-state index contributed by atoms with van der Waals surface area (Å²) >= 11 is 0. The predicted molar refractivity (Wildman–Crippen MR) is 115 cm³/mol. The Kier molecular flexibility index (Phi) is 7.21. The molecule has 6 heteroatoms. The number of nitrogens with zero attached hydrogens (tertiary/aromatic N) is 2. The fourth-order valence-corrected chi connectivity index (χ4v) is 3.59. The minimum atomic E-state index is -0.247. The molecule has 1 N–H and O–H groups in total. The zero-order valence-electron chi connectivity index (χ0n) is 17.5. The van der Waals surface area contributed by atoms with Crippen molar-refractivity contribution in [3.8, 4) is 6.07 Å². The van der Waals surface area contributed by atoms with Gasteiger partial charge in [-0.1, -0.05) is 24.3 Å². The molecule has 1 aliphatic heterocycles. The molecule has 156 valence electrons. The maximum atomic E-state index is 13.2. The van der Waals surface area contributed by atoms with Crippen molar-refractivity contribution < 1.29 is 14.3 Å². The molecule has 1 aliphatic rings. The molecule has 1 saturated heterocycles. The first-order valence-electron chi connectivity index (χ1n) is 10.2. The van der Waals surface area contributed by atoms with Crippen molar-refractivity contribution in [2.24, 2.45) is 0 Å². The third-order valence-electron chi connectivity index (χ3n) is 5.41. The Hall–Kier alpha value is -3.17. The van der Waals surface area contributed by atoms with Crippen LogP contribution in [-0.2, 0) is 16.0 Å². The summed E-state index contributed by atoms with van der Waals surface area (Å²) < 4.78 is 5.70. The lowest BCUT2D eigenvalue weighted by molar-refractivity contribution is -0.117. The van der Waals surface area contributed by atoms with Crippen LogP contribution in [-0.4, -0.2) is 42.5 Å². The maximum Gasteiger partial charge on any atom is 0.254 e. The van der Waals surface area contributed by atoms with Crippen LogP contribution >= 0.6 is 0 Å². The molecule has 6 nitrogen and oxygen atoms in total. The van der Waals surface area contributed by atoms with E-state index in [1.54, 1.807) is 23.1 Å². The summed E-state index contributed by atoms with van der Waals surface area (Å²) in [5, 5.41) is 11.9. The second-order valence-electron chi connectivity index (χ2n) is 7.65. The minimum Gasteiger partial charge on any atom is -0.376 e. The van der Waals surface area contributed by atoms with Crippen molar-refractivity contribution in [2.45, 2.75) is 39.2 Å². The smallest absolute Gasteiger partial charge is 0.254 e. The highest BCUT2D eigenvalue weighted by atomic mass is 16.5. The van der Waals surface area contributed by atoms with Crippen LogP contribution in [0.2, 0.25) is 0 Å². The van der Waals surface area contributed by atoms with Gasteiger partial charge in [-0.25, -0.2) is 0 Å². The van der Waals surface area contributed by atoms with Crippen LogP contribution < -0.4 is 5.32 Å². The number of anilines is 1. The van der Waals surface area contributed by atoms with Crippen molar-refractivity contribution in [3.63, 3.8) is 0 Å². The first kappa shape index (κ1) is 21.5. The van der Waals surface area contributed by atoms with E-state index in [1.165, 1.54) is 0 Å². The fraction of sp³-hybridized carbons (Fsp3) is 0.375. The molecule has 1 unspecified atom stereocenters. The van der Waals surface area contributed by atoms with E-state index in [0.717, 1.165) is 35.2 Å². The Labute approximate surface area is 177 Å². The van der Waals surface area contributed by atoms with Crippen LogP contribution in [0, 0.1) is 25.2 Å². The molecule has 2 amide bonds. The Morgan fingerprint density at radius 2 is 2.03 bits per heavy atom. The molecule has 30 heavy (non-hydrogen) atoms. The zero-order chi connectivity index (χ0) is 21.5. The average molecular weight is 405 g/mol. The van der Waals surface area contributed by atoms with Gasteiger partial charge in [0, 0.05) is 24.4 Å². The number of nitriles is 1. The molecular weight excluding hydrogens is 378 g/mol. The summed E-state index contributed by atoms with van der Waals surface area (Å²) in [5.41, 5.74) is 4.10. The molecule has 0 spiro atoms. The number of nitrogens with one attached hydrogen (secondary N) is 1. The van der Waals surface area contributed by atoms with Gasteiger partial charge in [0.15, 0.2) is 0 Å². The quantitative estimate of drug-likeness (QED) is 0.763. The summed E-state index contributed by atoms with van der Waals surface area (Å²) in [7, 11) is 0. The van der Waals surface area contributed by atoms with Crippen molar-refractivity contribution in [2.75, 3.05) is 25.0 Å². The Morgan fingerprint density at radius 3 is 2.77 bits per heavy atom. The second kappa shape index (κ2) is 10.0. The lowest BCUT2D eigenvalue weighted by atomic mass is 10.1. The third kappa shape index (κ3) is 5.46. The number of carbonyl (C=O) groups excluding carboxylic acids is 2. The number of carbonyl (C=O) groups is 2. The SMILES string of the molecule is Cc1cccc(NC(=O)CN(CC2CCCO2)C(=O)c2cccc(CC#N)c2)c1C. The van der Waals surface area contributed by atoms with Gasteiger partial charge in [0.1, 0.15) is 6.54 Å². The van der Waals surface area contributed by atoms with Crippen LogP contribution in [0.15, 0.2) is 42.5 Å². The number of rotatable bonds is 7. The van der Waals surface area contributed by atoms with Gasteiger partial charge in [-0.05, 0) is 61.6 Å². The number of amides is 2. The number of hydrogen-bond acceptors (Lipinski definition) is 4. The molecule has 3 rings (SSSR count). The molecule has 1 fully saturated rings. The van der Waals surface area contributed by atoms with E-state index in [4.69, 9.17) is 10.00 Å². The van der Waals surface area contributed by atoms with Gasteiger partial charge in [0.05, 0.1) is 18.6 Å². The lowest BCUT2D eigenvalue weighted by Crippen LogP contribution is -2.42. The second-order valence-corrected chi connectivity index (χ2v) is 7.65. The van der Waals surface area contributed by atoms with E-state index in [2.05, 4.69) is 11.4 Å². The predicted octanol–water partition coefficient (Wildman–Crippen LogP) is 3.63. The maximum absolute atomic E-state index is 13.2. The van der Waals surface area contributed by atoms with E-state index in [-0.39, 0.29) is 30.9 Å². The standard InChI is InChI=1S/C24H27N3O3/c1-17-6-3-10-22(18(17)2)26-23(28)16-27(15-21-9-5-13-30-21)24(29)20-8-4-7-19(14-20)11-12-25/h3-4,6-8,10,14,21H,5,9,11,13,15-16H2,1-2H3,(H,26,28). The lowest BCUT2D eigenvalue weighted by Gasteiger charge is -2.25. The topological polar surface area (TPSA) is 82.4 Å². The minimum absolute atomic E-state index is 0.0610. The van der Waals surface area contributed by atoms with Gasteiger partial charge < -0.3 is 15.0 Å². The number of hydrogen-bond donors (Lipinski definition) is 1. The highest BCUT2D eigenvalue weighted by molar-refractivity contribution is 5.99. The van der Waals surface area contributed by atoms with Crippen molar-refractivity contribution in [1.29, 1.82) is 5.26 Å². The van der Waals surface area contributed by atoms with Crippen LogP contribution in [0.4, 0.5) is 5.69 Å². The van der Waals surface area contributed by atoms with Crippen LogP contribution in [0.3, 0.4) is 0 Å². The molecule has 2 aromatic carbocycles. The third-order valence-corrected chi connectivity index (χ3v) is 5.41. The van der Waals surface area contributed by atoms with Crippen molar-refractivity contribution in [1.82, 2.24) is 4.90 Å². The van der Waals surface area contributed by atoms with E-state index in [0.29, 0.717) is 18.7 Å². The van der Waals surface area contributed by atoms with E-state index >= 15 is 0 Å². The Morgan fingerprint density at radius 1 is 1.23 bits per heavy atom. The molecule has 0 bridgehead atoms. The fourth-order valence-electron chi connectivity index (χ4n) is 3.59. The van der Waals surface area contributed by atoms with E-state index < -0.39 is 0 Å². The number of aryl methyl sites for hydroxylation is 1. The summed E-state index contributed by atoms with van der Waals surface area (Å²) in [5.74, 6) is -0.482. The van der Waals surface area contributed by atoms with Crippen LogP contribution in [0.5, 0.6) is 0 Å². The molecular formula is C24H27N3O3. The molecule has 1 atom stereocenters. The molecule has 1 heterocycles. The van der Waals surface area contributed by atoms with Gasteiger partial charge in [-0.2, -0.15) is 5.26 Å². The number of ether oxygens (including phenoxy) is 1. The molecule has 0 saturated carbocycles. The van der Waals surface area contributed by atoms with Gasteiger partial charge in [0.2, 0.25) is 5.91 Å². The Bertz CT molecular complexity index is 958. The highest BCUT2D eigenvalue weighted by Crippen LogP contribution is 2.19. The van der Waals surface area contributed by atoms with Gasteiger partial charge >= 0.3 is 0 Å². The van der Waals surface area contributed by atoms with E-state index in [9.17, 15) is 9.59 Å². The molecule has 0 aromatic heterocycles. The number of benzene rings is 2. The van der Waals surface area contributed by atoms with Crippen molar-refractivity contribution in [3.05, 3.63) is 64.7 Å². The normalized spacial score (nSPS) is 15.4. The van der Waals surface area contributed by atoms with E-state index in [1.807, 2.05) is 38.1 Å². The highest BCUT2D eigenvalue weighted by Gasteiger charge is 2.25. The first-order valence-corrected chi connectivity index (χ1v) is 10.2. The monoisotopic (exact) mass is 405 g/mol. The largest absolute Gasteiger partial charge is 0.376 e. The van der Waals surface area contributed by atoms with Crippen LogP contribution in [0.1, 0.15) is 39.9 Å². The average Bonchev–Trinajstić information content (AvgIpc) is 3.24. The van der Waals surface area contributed by atoms with Gasteiger partial charge in [-0.3, -0.25) is 9.59 Å². The molecule has 0 aliphatic carbocycles. The van der Waals surface area contributed by atoms with Crippen molar-refractivity contribution >= 4 is 17.5 Å². The Balaban J connectivity index is 1.77. The summed E-state index contributed by atoms with van der Waals surface area (Å²) in [6.07, 6.45) is 2.00. The van der Waals surface area contributed by atoms with Gasteiger partial charge in [-0.15, -0.1) is 0 Å². The molecule has 0 radical (unpaired) electrons.